The Morgan fingerprint density at radius 2 is 0.826 bits per heavy atom. The largest absolute Gasteiger partial charge is 0.310 e. The van der Waals surface area contributed by atoms with Gasteiger partial charge in [-0.3, -0.25) is 0 Å². The Bertz CT molecular complexity index is 2400. The molecule has 0 radical (unpaired) electrons. The lowest BCUT2D eigenvalue weighted by Crippen LogP contribution is -2.10. The van der Waals surface area contributed by atoms with Gasteiger partial charge >= 0.3 is 0 Å². The highest BCUT2D eigenvalue weighted by Gasteiger charge is 2.18. The Labute approximate surface area is 272 Å². The molecule has 0 fully saturated rings. The average molecular weight is 604 g/mol. The minimum absolute atomic E-state index is 1.13. The van der Waals surface area contributed by atoms with E-state index in [1.54, 1.807) is 0 Å². The summed E-state index contributed by atoms with van der Waals surface area (Å²) in [6.45, 7) is 0. The summed E-state index contributed by atoms with van der Waals surface area (Å²) in [4.78, 5) is 2.41. The summed E-state index contributed by atoms with van der Waals surface area (Å²) < 4.78 is 2.60. The molecule has 1 heterocycles. The molecule has 9 aromatic rings. The molecule has 0 saturated carbocycles. The third kappa shape index (κ3) is 4.63. The SMILES string of the molecule is c1ccc2cc(-c3ccc(N(c4ccc(-c5ccc6ccccc6c5)cc4)c4cccc5sc6ccccc6c45)cc3)ccc2c1. The summed E-state index contributed by atoms with van der Waals surface area (Å²) in [5.74, 6) is 0. The maximum atomic E-state index is 2.41. The second-order valence-corrected chi connectivity index (χ2v) is 12.9. The second kappa shape index (κ2) is 11.0. The lowest BCUT2D eigenvalue weighted by Gasteiger charge is -2.27. The highest BCUT2D eigenvalue weighted by Crippen LogP contribution is 2.45. The number of benzene rings is 8. The van der Waals surface area contributed by atoms with Gasteiger partial charge in [0.1, 0.15) is 0 Å². The third-order valence-electron chi connectivity index (χ3n) is 9.04. The van der Waals surface area contributed by atoms with Gasteiger partial charge in [-0.25, -0.2) is 0 Å². The number of hydrogen-bond donors (Lipinski definition) is 0. The molecule has 216 valence electrons. The van der Waals surface area contributed by atoms with Gasteiger partial charge in [-0.2, -0.15) is 0 Å². The lowest BCUT2D eigenvalue weighted by molar-refractivity contribution is 1.30. The molecular formula is C44H29NS. The molecule has 1 aromatic heterocycles. The first-order chi connectivity index (χ1) is 22.8. The normalized spacial score (nSPS) is 11.5. The lowest BCUT2D eigenvalue weighted by atomic mass is 10.00. The van der Waals surface area contributed by atoms with Crippen molar-refractivity contribution in [2.45, 2.75) is 0 Å². The van der Waals surface area contributed by atoms with Crippen LogP contribution in [0.25, 0.3) is 64.0 Å². The van der Waals surface area contributed by atoms with E-state index >= 15 is 0 Å². The quantitative estimate of drug-likeness (QED) is 0.189. The topological polar surface area (TPSA) is 3.24 Å². The van der Waals surface area contributed by atoms with Crippen molar-refractivity contribution in [3.8, 4) is 22.3 Å². The van der Waals surface area contributed by atoms with Gasteiger partial charge in [-0.05, 0) is 98.4 Å². The van der Waals surface area contributed by atoms with Crippen molar-refractivity contribution < 1.29 is 0 Å². The van der Waals surface area contributed by atoms with E-state index in [9.17, 15) is 0 Å². The van der Waals surface area contributed by atoms with Crippen molar-refractivity contribution in [1.29, 1.82) is 0 Å². The molecular weight excluding hydrogens is 575 g/mol. The van der Waals surface area contributed by atoms with Gasteiger partial charge in [0.2, 0.25) is 0 Å². The fraction of sp³-hybridized carbons (Fsp3) is 0. The van der Waals surface area contributed by atoms with E-state index in [-0.39, 0.29) is 0 Å². The van der Waals surface area contributed by atoms with E-state index in [0.29, 0.717) is 0 Å². The first-order valence-corrected chi connectivity index (χ1v) is 16.5. The van der Waals surface area contributed by atoms with Crippen LogP contribution >= 0.6 is 11.3 Å². The van der Waals surface area contributed by atoms with Crippen LogP contribution in [0.1, 0.15) is 0 Å². The number of anilines is 3. The number of fused-ring (bicyclic) bond motifs is 5. The molecule has 0 spiro atoms. The predicted octanol–water partition coefficient (Wildman–Crippen LogP) is 13.2. The van der Waals surface area contributed by atoms with Gasteiger partial charge in [0.05, 0.1) is 5.69 Å². The smallest absolute Gasteiger partial charge is 0.0554 e. The van der Waals surface area contributed by atoms with E-state index in [1.807, 2.05) is 11.3 Å². The highest BCUT2D eigenvalue weighted by atomic mass is 32.1. The van der Waals surface area contributed by atoms with Crippen LogP contribution in [0.4, 0.5) is 17.1 Å². The average Bonchev–Trinajstić information content (AvgIpc) is 3.51. The van der Waals surface area contributed by atoms with E-state index in [1.165, 1.54) is 69.7 Å². The van der Waals surface area contributed by atoms with E-state index in [0.717, 1.165) is 11.4 Å². The first kappa shape index (κ1) is 26.7. The Morgan fingerprint density at radius 1 is 0.348 bits per heavy atom. The Hall–Kier alpha value is -5.70. The summed E-state index contributed by atoms with van der Waals surface area (Å²) >= 11 is 1.86. The summed E-state index contributed by atoms with van der Waals surface area (Å²) in [6.07, 6.45) is 0. The van der Waals surface area contributed by atoms with Gasteiger partial charge in [-0.15, -0.1) is 11.3 Å². The van der Waals surface area contributed by atoms with Crippen LogP contribution in [0.3, 0.4) is 0 Å². The van der Waals surface area contributed by atoms with Gasteiger partial charge in [0.25, 0.3) is 0 Å². The number of thiophene rings is 1. The van der Waals surface area contributed by atoms with Crippen molar-refractivity contribution in [1.82, 2.24) is 0 Å². The third-order valence-corrected chi connectivity index (χ3v) is 10.2. The second-order valence-electron chi connectivity index (χ2n) is 11.8. The van der Waals surface area contributed by atoms with Crippen LogP contribution in [0.15, 0.2) is 176 Å². The Kier molecular flexibility index (Phi) is 6.40. The number of nitrogens with zero attached hydrogens (tertiary/aromatic N) is 1. The fourth-order valence-electron chi connectivity index (χ4n) is 6.71. The molecule has 1 nitrogen and oxygen atoms in total. The van der Waals surface area contributed by atoms with Crippen molar-refractivity contribution in [3.05, 3.63) is 176 Å². The molecule has 0 aliphatic carbocycles. The first-order valence-electron chi connectivity index (χ1n) is 15.7. The molecule has 0 aliphatic rings. The van der Waals surface area contributed by atoms with E-state index < -0.39 is 0 Å². The number of rotatable bonds is 5. The summed E-state index contributed by atoms with van der Waals surface area (Å²) in [5, 5.41) is 7.62. The molecule has 2 heteroatoms. The molecule has 0 amide bonds. The zero-order valence-corrected chi connectivity index (χ0v) is 25.9. The van der Waals surface area contributed by atoms with Crippen molar-refractivity contribution >= 4 is 70.1 Å². The zero-order valence-electron chi connectivity index (χ0n) is 25.1. The Balaban J connectivity index is 1.17. The Morgan fingerprint density at radius 3 is 1.41 bits per heavy atom. The van der Waals surface area contributed by atoms with Crippen LogP contribution in [-0.4, -0.2) is 0 Å². The minimum atomic E-state index is 1.13. The summed E-state index contributed by atoms with van der Waals surface area (Å²) in [7, 11) is 0. The van der Waals surface area contributed by atoms with Crippen molar-refractivity contribution in [2.75, 3.05) is 4.90 Å². The zero-order chi connectivity index (χ0) is 30.5. The molecule has 9 rings (SSSR count). The maximum absolute atomic E-state index is 2.41. The molecule has 8 aromatic carbocycles. The van der Waals surface area contributed by atoms with Crippen molar-refractivity contribution in [2.24, 2.45) is 0 Å². The predicted molar refractivity (Wildman–Crippen MR) is 200 cm³/mol. The molecule has 0 atom stereocenters. The summed E-state index contributed by atoms with van der Waals surface area (Å²) in [5.41, 5.74) is 8.31. The minimum Gasteiger partial charge on any atom is -0.310 e. The number of hydrogen-bond acceptors (Lipinski definition) is 2. The van der Waals surface area contributed by atoms with Gasteiger partial charge in [-0.1, -0.05) is 121 Å². The maximum Gasteiger partial charge on any atom is 0.0554 e. The molecule has 0 bridgehead atoms. The molecule has 0 aliphatic heterocycles. The van der Waals surface area contributed by atoms with E-state index in [2.05, 4.69) is 181 Å². The van der Waals surface area contributed by atoms with Gasteiger partial charge < -0.3 is 4.90 Å². The molecule has 0 saturated heterocycles. The van der Waals surface area contributed by atoms with Gasteiger partial charge in [0, 0.05) is 31.5 Å². The summed E-state index contributed by atoms with van der Waals surface area (Å²) in [6, 6.07) is 64.0. The van der Waals surface area contributed by atoms with Gasteiger partial charge in [0.15, 0.2) is 0 Å². The standard InChI is InChI=1S/C44H29NS/c1-3-10-34-28-36(18-16-30(34)8-1)32-20-24-38(25-21-32)45(41-13-7-15-43-44(41)40-12-5-6-14-42(40)46-43)39-26-22-33(23-27-39)37-19-17-31-9-2-4-11-35(31)29-37/h1-29H. The van der Waals surface area contributed by atoms with Crippen LogP contribution in [0, 0.1) is 0 Å². The van der Waals surface area contributed by atoms with Crippen LogP contribution in [0.2, 0.25) is 0 Å². The highest BCUT2D eigenvalue weighted by molar-refractivity contribution is 7.26. The monoisotopic (exact) mass is 603 g/mol. The van der Waals surface area contributed by atoms with Crippen LogP contribution < -0.4 is 4.90 Å². The van der Waals surface area contributed by atoms with E-state index in [4.69, 9.17) is 0 Å². The molecule has 0 unspecified atom stereocenters. The van der Waals surface area contributed by atoms with Crippen molar-refractivity contribution in [3.63, 3.8) is 0 Å². The fourth-order valence-corrected chi connectivity index (χ4v) is 7.84. The van der Waals surface area contributed by atoms with Crippen LogP contribution in [-0.2, 0) is 0 Å². The molecule has 0 N–H and O–H groups in total. The van der Waals surface area contributed by atoms with Crippen LogP contribution in [0.5, 0.6) is 0 Å². The molecule has 46 heavy (non-hydrogen) atoms.